The van der Waals surface area contributed by atoms with E-state index in [9.17, 15) is 5.11 Å². The molecule has 4 unspecified atom stereocenters. The van der Waals surface area contributed by atoms with Gasteiger partial charge in [-0.3, -0.25) is 0 Å². The van der Waals surface area contributed by atoms with Crippen molar-refractivity contribution in [2.75, 3.05) is 13.7 Å². The fraction of sp³-hybridized carbons (Fsp3) is 0.429. The van der Waals surface area contributed by atoms with Gasteiger partial charge in [-0.1, -0.05) is 60.7 Å². The second-order valence-electron chi connectivity index (χ2n) is 6.71. The summed E-state index contributed by atoms with van der Waals surface area (Å²) in [5.41, 5.74) is 1.94. The van der Waals surface area contributed by atoms with E-state index in [4.69, 9.17) is 23.7 Å². The van der Waals surface area contributed by atoms with Gasteiger partial charge in [-0.15, -0.1) is 0 Å². The van der Waals surface area contributed by atoms with Crippen LogP contribution in [0.25, 0.3) is 0 Å². The van der Waals surface area contributed by atoms with E-state index in [2.05, 4.69) is 0 Å². The molecule has 2 aliphatic rings. The van der Waals surface area contributed by atoms with Crippen molar-refractivity contribution < 1.29 is 28.8 Å². The smallest absolute Gasteiger partial charge is 0.186 e. The van der Waals surface area contributed by atoms with Gasteiger partial charge in [0.1, 0.15) is 24.4 Å². The fourth-order valence-electron chi connectivity index (χ4n) is 3.49. The van der Waals surface area contributed by atoms with Gasteiger partial charge in [0.15, 0.2) is 12.6 Å². The van der Waals surface area contributed by atoms with Crippen molar-refractivity contribution in [2.24, 2.45) is 0 Å². The highest BCUT2D eigenvalue weighted by Crippen LogP contribution is 2.35. The summed E-state index contributed by atoms with van der Waals surface area (Å²) in [5, 5.41) is 10.7. The molecule has 2 aromatic carbocycles. The Hall–Kier alpha value is -1.80. The van der Waals surface area contributed by atoms with Crippen LogP contribution in [0.2, 0.25) is 0 Å². The highest BCUT2D eigenvalue weighted by molar-refractivity contribution is 5.17. The van der Waals surface area contributed by atoms with Gasteiger partial charge < -0.3 is 28.8 Å². The van der Waals surface area contributed by atoms with Crippen LogP contribution in [0.15, 0.2) is 60.7 Å². The number of hydrogen-bond donors (Lipinski definition) is 1. The third-order valence-corrected chi connectivity index (χ3v) is 4.90. The molecule has 0 spiro atoms. The van der Waals surface area contributed by atoms with Crippen molar-refractivity contribution >= 4 is 0 Å². The lowest BCUT2D eigenvalue weighted by molar-refractivity contribution is -0.363. The Balaban J connectivity index is 1.51. The van der Waals surface area contributed by atoms with Crippen LogP contribution < -0.4 is 0 Å². The molecule has 2 aromatic rings. The molecule has 144 valence electrons. The van der Waals surface area contributed by atoms with E-state index in [0.29, 0.717) is 13.2 Å². The zero-order chi connectivity index (χ0) is 18.6. The summed E-state index contributed by atoms with van der Waals surface area (Å²) in [6.07, 6.45) is -3.70. The van der Waals surface area contributed by atoms with E-state index in [1.807, 2.05) is 60.7 Å². The molecule has 0 bridgehead atoms. The summed E-state index contributed by atoms with van der Waals surface area (Å²) < 4.78 is 29.2. The number of fused-ring (bicyclic) bond motifs is 1. The predicted molar refractivity (Wildman–Crippen MR) is 96.7 cm³/mol. The first-order valence-corrected chi connectivity index (χ1v) is 9.10. The van der Waals surface area contributed by atoms with Crippen LogP contribution >= 0.6 is 0 Å². The van der Waals surface area contributed by atoms with Crippen LogP contribution in [0.3, 0.4) is 0 Å². The predicted octanol–water partition coefficient (Wildman–Crippen LogP) is 2.42. The van der Waals surface area contributed by atoms with Crippen LogP contribution in [0.4, 0.5) is 0 Å². The zero-order valence-electron chi connectivity index (χ0n) is 15.1. The minimum absolute atomic E-state index is 0.335. The Morgan fingerprint density at radius 2 is 1.70 bits per heavy atom. The molecule has 0 radical (unpaired) electrons. The van der Waals surface area contributed by atoms with Crippen molar-refractivity contribution in [3.8, 4) is 0 Å². The molecule has 4 rings (SSSR count). The Kier molecular flexibility index (Phi) is 5.83. The average Bonchev–Trinajstić information content (AvgIpc) is 2.74. The van der Waals surface area contributed by atoms with Gasteiger partial charge in [0.25, 0.3) is 0 Å². The number of ether oxygens (including phenoxy) is 5. The number of rotatable bonds is 5. The van der Waals surface area contributed by atoms with Gasteiger partial charge in [-0.05, 0) is 5.56 Å². The number of aliphatic hydroxyl groups excluding tert-OH is 1. The Morgan fingerprint density at radius 1 is 1.00 bits per heavy atom. The Bertz CT molecular complexity index is 709. The molecule has 6 nitrogen and oxygen atoms in total. The highest BCUT2D eigenvalue weighted by Gasteiger charge is 2.50. The number of methoxy groups -OCH3 is 1. The molecule has 2 saturated heterocycles. The molecule has 1 N–H and O–H groups in total. The van der Waals surface area contributed by atoms with Crippen LogP contribution in [0.1, 0.15) is 17.4 Å². The molecule has 0 amide bonds. The molecule has 2 aliphatic heterocycles. The van der Waals surface area contributed by atoms with Crippen molar-refractivity contribution in [2.45, 2.75) is 43.6 Å². The van der Waals surface area contributed by atoms with Crippen molar-refractivity contribution in [3.63, 3.8) is 0 Å². The molecule has 0 aromatic heterocycles. The third kappa shape index (κ3) is 4.06. The lowest BCUT2D eigenvalue weighted by Crippen LogP contribution is -2.62. The lowest BCUT2D eigenvalue weighted by Gasteiger charge is -2.47. The summed E-state index contributed by atoms with van der Waals surface area (Å²) in [6, 6.07) is 19.5. The number of aliphatic hydroxyl groups is 1. The Morgan fingerprint density at radius 3 is 2.41 bits per heavy atom. The van der Waals surface area contributed by atoms with Gasteiger partial charge >= 0.3 is 0 Å². The molecular weight excluding hydrogens is 348 g/mol. The van der Waals surface area contributed by atoms with Crippen LogP contribution in [-0.4, -0.2) is 49.5 Å². The van der Waals surface area contributed by atoms with Crippen molar-refractivity contribution in [1.82, 2.24) is 0 Å². The van der Waals surface area contributed by atoms with Gasteiger partial charge in [0.2, 0.25) is 0 Å². The molecular formula is C21H24O6. The summed E-state index contributed by atoms with van der Waals surface area (Å²) in [7, 11) is 1.50. The van der Waals surface area contributed by atoms with Crippen LogP contribution in [0, 0.1) is 0 Å². The topological polar surface area (TPSA) is 66.4 Å². The summed E-state index contributed by atoms with van der Waals surface area (Å²) in [6.45, 7) is 0.699. The van der Waals surface area contributed by atoms with Gasteiger partial charge in [0.05, 0.1) is 13.2 Å². The lowest BCUT2D eigenvalue weighted by atomic mass is 9.97. The normalized spacial score (nSPS) is 33.4. The molecule has 6 atom stereocenters. The second-order valence-corrected chi connectivity index (χ2v) is 6.71. The SMILES string of the molecule is COC1OC2COC(c3ccccc3)OC2[C@H](OCc2ccccc2)[C@H]1O. The molecule has 2 fully saturated rings. The zero-order valence-corrected chi connectivity index (χ0v) is 15.1. The molecule has 0 aliphatic carbocycles. The summed E-state index contributed by atoms with van der Waals surface area (Å²) in [4.78, 5) is 0. The van der Waals surface area contributed by atoms with Gasteiger partial charge in [-0.2, -0.15) is 0 Å². The molecule has 6 heteroatoms. The molecule has 2 heterocycles. The van der Waals surface area contributed by atoms with Crippen LogP contribution in [0.5, 0.6) is 0 Å². The minimum Gasteiger partial charge on any atom is -0.385 e. The largest absolute Gasteiger partial charge is 0.385 e. The molecule has 27 heavy (non-hydrogen) atoms. The summed E-state index contributed by atoms with van der Waals surface area (Å²) in [5.74, 6) is 0. The van der Waals surface area contributed by atoms with Crippen molar-refractivity contribution in [3.05, 3.63) is 71.8 Å². The van der Waals surface area contributed by atoms with E-state index in [-0.39, 0.29) is 6.10 Å². The first-order chi connectivity index (χ1) is 13.3. The van der Waals surface area contributed by atoms with Crippen LogP contribution in [-0.2, 0) is 30.3 Å². The third-order valence-electron chi connectivity index (χ3n) is 4.90. The van der Waals surface area contributed by atoms with E-state index >= 15 is 0 Å². The van der Waals surface area contributed by atoms with E-state index in [0.717, 1.165) is 11.1 Å². The van der Waals surface area contributed by atoms with E-state index in [1.165, 1.54) is 7.11 Å². The number of benzene rings is 2. The highest BCUT2D eigenvalue weighted by atomic mass is 16.8. The molecule has 0 saturated carbocycles. The van der Waals surface area contributed by atoms with E-state index < -0.39 is 30.9 Å². The quantitative estimate of drug-likeness (QED) is 0.870. The fourth-order valence-corrected chi connectivity index (χ4v) is 3.49. The maximum absolute atomic E-state index is 10.7. The first-order valence-electron chi connectivity index (χ1n) is 9.10. The van der Waals surface area contributed by atoms with Gasteiger partial charge in [0, 0.05) is 12.7 Å². The Labute approximate surface area is 158 Å². The van der Waals surface area contributed by atoms with Gasteiger partial charge in [-0.25, -0.2) is 0 Å². The standard InChI is InChI=1S/C21H24O6/c1-23-21-17(22)19(24-12-14-8-4-2-5-9-14)18-16(26-21)13-25-20(27-18)15-10-6-3-7-11-15/h2-11,16-22H,12-13H2,1H3/t16?,17-,18?,19-,20?,21?/m1/s1. The second kappa shape index (κ2) is 8.48. The maximum atomic E-state index is 10.7. The summed E-state index contributed by atoms with van der Waals surface area (Å²) >= 11 is 0. The minimum atomic E-state index is -0.963. The first kappa shape index (κ1) is 18.6. The number of hydrogen-bond acceptors (Lipinski definition) is 6. The average molecular weight is 372 g/mol. The van der Waals surface area contributed by atoms with E-state index in [1.54, 1.807) is 0 Å². The monoisotopic (exact) mass is 372 g/mol. The maximum Gasteiger partial charge on any atom is 0.186 e. The van der Waals surface area contributed by atoms with Crippen molar-refractivity contribution in [1.29, 1.82) is 0 Å².